The Kier molecular flexibility index (Phi) is 4.95. The van der Waals surface area contributed by atoms with Crippen molar-refractivity contribution in [3.8, 4) is 0 Å². The zero-order valence-corrected chi connectivity index (χ0v) is 13.2. The molecule has 3 rings (SSSR count). The fourth-order valence-electron chi connectivity index (χ4n) is 3.60. The highest BCUT2D eigenvalue weighted by molar-refractivity contribution is 5.73. The molecule has 2 saturated heterocycles. The van der Waals surface area contributed by atoms with Crippen molar-refractivity contribution >= 4 is 6.03 Å². The van der Waals surface area contributed by atoms with Crippen molar-refractivity contribution in [1.82, 2.24) is 15.1 Å². The number of fused-ring (bicyclic) bond motifs is 1. The van der Waals surface area contributed by atoms with Crippen LogP contribution in [0.5, 0.6) is 0 Å². The quantitative estimate of drug-likeness (QED) is 0.901. The summed E-state index contributed by atoms with van der Waals surface area (Å²) in [6.07, 6.45) is 1.02. The van der Waals surface area contributed by atoms with Crippen molar-refractivity contribution in [1.29, 1.82) is 0 Å². The van der Waals surface area contributed by atoms with Crippen LogP contribution in [0.4, 0.5) is 4.79 Å². The highest BCUT2D eigenvalue weighted by Crippen LogP contribution is 2.26. The molecule has 0 radical (unpaired) electrons. The van der Waals surface area contributed by atoms with Gasteiger partial charge in [-0.2, -0.15) is 0 Å². The van der Waals surface area contributed by atoms with Crippen LogP contribution in [0.3, 0.4) is 0 Å². The average Bonchev–Trinajstić information content (AvgIpc) is 2.77. The van der Waals surface area contributed by atoms with E-state index in [0.717, 1.165) is 45.8 Å². The Bertz CT molecular complexity index is 494. The van der Waals surface area contributed by atoms with Gasteiger partial charge in [-0.25, -0.2) is 4.79 Å². The van der Waals surface area contributed by atoms with Gasteiger partial charge in [0.25, 0.3) is 0 Å². The molecule has 5 heteroatoms. The number of benzene rings is 1. The second kappa shape index (κ2) is 7.11. The summed E-state index contributed by atoms with van der Waals surface area (Å²) in [4.78, 5) is 16.3. The number of nitrogens with zero attached hydrogens (tertiary/aromatic N) is 2. The Morgan fingerprint density at radius 2 is 2.14 bits per heavy atom. The lowest BCUT2D eigenvalue weighted by atomic mass is 9.91. The third-order valence-corrected chi connectivity index (χ3v) is 4.75. The molecular weight excluding hydrogens is 278 g/mol. The van der Waals surface area contributed by atoms with Crippen molar-refractivity contribution in [2.45, 2.75) is 19.0 Å². The van der Waals surface area contributed by atoms with Gasteiger partial charge in [0, 0.05) is 45.2 Å². The highest BCUT2D eigenvalue weighted by Gasteiger charge is 2.36. The van der Waals surface area contributed by atoms with Crippen LogP contribution in [0.2, 0.25) is 0 Å². The monoisotopic (exact) mass is 303 g/mol. The Morgan fingerprint density at radius 1 is 1.32 bits per heavy atom. The molecule has 0 aromatic heterocycles. The summed E-state index contributed by atoms with van der Waals surface area (Å²) in [6.45, 7) is 5.08. The molecular formula is C17H25N3O2. The maximum Gasteiger partial charge on any atom is 0.317 e. The number of rotatable bonds is 2. The number of hydrogen-bond donors (Lipinski definition) is 1. The fraction of sp³-hybridized carbons (Fsp3) is 0.588. The van der Waals surface area contributed by atoms with Gasteiger partial charge in [0.05, 0.1) is 13.2 Å². The number of urea groups is 1. The minimum absolute atomic E-state index is 0.0253. The lowest BCUT2D eigenvalue weighted by molar-refractivity contribution is 0.0605. The van der Waals surface area contributed by atoms with Crippen molar-refractivity contribution in [3.63, 3.8) is 0 Å². The fourth-order valence-corrected chi connectivity index (χ4v) is 3.60. The summed E-state index contributed by atoms with van der Waals surface area (Å²) < 4.78 is 5.79. The van der Waals surface area contributed by atoms with Crippen LogP contribution in [0.1, 0.15) is 12.0 Å². The highest BCUT2D eigenvalue weighted by atomic mass is 16.5. The van der Waals surface area contributed by atoms with Crippen LogP contribution in [0.25, 0.3) is 0 Å². The molecule has 0 saturated carbocycles. The predicted molar refractivity (Wildman–Crippen MR) is 85.6 cm³/mol. The second-order valence-electron chi connectivity index (χ2n) is 6.15. The lowest BCUT2D eigenvalue weighted by Gasteiger charge is -2.42. The number of likely N-dealkylation sites (tertiary alicyclic amines) is 1. The first-order valence-corrected chi connectivity index (χ1v) is 8.10. The van der Waals surface area contributed by atoms with E-state index in [1.807, 2.05) is 4.90 Å². The molecule has 1 N–H and O–H groups in total. The summed E-state index contributed by atoms with van der Waals surface area (Å²) in [5.74, 6) is 0.400. The molecule has 2 amide bonds. The molecule has 2 heterocycles. The van der Waals surface area contributed by atoms with E-state index in [0.29, 0.717) is 12.0 Å². The van der Waals surface area contributed by atoms with Crippen molar-refractivity contribution in [2.24, 2.45) is 5.92 Å². The summed E-state index contributed by atoms with van der Waals surface area (Å²) in [5.41, 5.74) is 1.34. The molecule has 0 bridgehead atoms. The predicted octanol–water partition coefficient (Wildman–Crippen LogP) is 1.55. The molecule has 2 fully saturated rings. The minimum Gasteiger partial charge on any atom is -0.380 e. The van der Waals surface area contributed by atoms with Crippen LogP contribution in [-0.2, 0) is 11.3 Å². The van der Waals surface area contributed by atoms with E-state index in [2.05, 4.69) is 40.5 Å². The third-order valence-electron chi connectivity index (χ3n) is 4.75. The molecule has 0 spiro atoms. The van der Waals surface area contributed by atoms with Gasteiger partial charge in [0.15, 0.2) is 0 Å². The average molecular weight is 303 g/mol. The van der Waals surface area contributed by atoms with Crippen LogP contribution in [0.15, 0.2) is 30.3 Å². The first kappa shape index (κ1) is 15.3. The molecule has 1 aromatic carbocycles. The largest absolute Gasteiger partial charge is 0.380 e. The van der Waals surface area contributed by atoms with Gasteiger partial charge in [-0.05, 0) is 12.0 Å². The number of ether oxygens (including phenoxy) is 1. The van der Waals surface area contributed by atoms with Gasteiger partial charge in [-0.1, -0.05) is 30.3 Å². The number of amides is 2. The van der Waals surface area contributed by atoms with Gasteiger partial charge in [0.1, 0.15) is 0 Å². The number of carbonyl (C=O) groups excluding carboxylic acids is 1. The summed E-state index contributed by atoms with van der Waals surface area (Å²) in [6, 6.07) is 11.1. The Labute approximate surface area is 132 Å². The van der Waals surface area contributed by atoms with E-state index in [1.54, 1.807) is 7.05 Å². The Hall–Kier alpha value is -1.59. The van der Waals surface area contributed by atoms with E-state index in [-0.39, 0.29) is 6.03 Å². The Morgan fingerprint density at radius 3 is 2.91 bits per heavy atom. The summed E-state index contributed by atoms with van der Waals surface area (Å²) in [5, 5.41) is 2.73. The van der Waals surface area contributed by atoms with Crippen LogP contribution in [-0.4, -0.2) is 61.8 Å². The third kappa shape index (κ3) is 3.42. The van der Waals surface area contributed by atoms with Crippen LogP contribution < -0.4 is 5.32 Å². The SMILES string of the molecule is CNC(=O)N1CC[C@@H]2[C@@H](COCCN2Cc2ccccc2)C1. The minimum atomic E-state index is 0.0253. The van der Waals surface area contributed by atoms with E-state index in [9.17, 15) is 4.79 Å². The van der Waals surface area contributed by atoms with E-state index in [4.69, 9.17) is 4.74 Å². The lowest BCUT2D eigenvalue weighted by Crippen LogP contribution is -2.54. The topological polar surface area (TPSA) is 44.8 Å². The maximum atomic E-state index is 11.9. The van der Waals surface area contributed by atoms with E-state index in [1.165, 1.54) is 5.56 Å². The maximum absolute atomic E-state index is 11.9. The molecule has 0 aliphatic carbocycles. The molecule has 2 aliphatic heterocycles. The molecule has 5 nitrogen and oxygen atoms in total. The first-order valence-electron chi connectivity index (χ1n) is 8.10. The van der Waals surface area contributed by atoms with E-state index >= 15 is 0 Å². The zero-order chi connectivity index (χ0) is 15.4. The van der Waals surface area contributed by atoms with Crippen LogP contribution in [0, 0.1) is 5.92 Å². The molecule has 0 unspecified atom stereocenters. The normalized spacial score (nSPS) is 26.1. The van der Waals surface area contributed by atoms with Gasteiger partial charge < -0.3 is 15.0 Å². The van der Waals surface area contributed by atoms with Gasteiger partial charge in [-0.15, -0.1) is 0 Å². The number of piperidine rings is 1. The van der Waals surface area contributed by atoms with Gasteiger partial charge >= 0.3 is 6.03 Å². The van der Waals surface area contributed by atoms with Gasteiger partial charge in [0.2, 0.25) is 0 Å². The van der Waals surface area contributed by atoms with Crippen LogP contribution >= 0.6 is 0 Å². The standard InChI is InChI=1S/C17H25N3O2/c1-18-17(21)20-8-7-16-15(12-20)13-22-10-9-19(16)11-14-5-3-2-4-6-14/h2-6,15-16H,7-13H2,1H3,(H,18,21)/t15-,16-/m1/s1. The van der Waals surface area contributed by atoms with Crippen molar-refractivity contribution < 1.29 is 9.53 Å². The van der Waals surface area contributed by atoms with Crippen molar-refractivity contribution in [2.75, 3.05) is 39.9 Å². The summed E-state index contributed by atoms with van der Waals surface area (Å²) in [7, 11) is 1.69. The smallest absolute Gasteiger partial charge is 0.317 e. The number of hydrogen-bond acceptors (Lipinski definition) is 3. The first-order chi connectivity index (χ1) is 10.8. The van der Waals surface area contributed by atoms with E-state index < -0.39 is 0 Å². The zero-order valence-electron chi connectivity index (χ0n) is 13.2. The van der Waals surface area contributed by atoms with Gasteiger partial charge in [-0.3, -0.25) is 4.90 Å². The molecule has 120 valence electrons. The molecule has 1 aromatic rings. The number of nitrogens with one attached hydrogen (secondary N) is 1. The molecule has 2 atom stereocenters. The summed E-state index contributed by atoms with van der Waals surface area (Å²) >= 11 is 0. The second-order valence-corrected chi connectivity index (χ2v) is 6.15. The molecule has 2 aliphatic rings. The number of carbonyl (C=O) groups is 1. The Balaban J connectivity index is 1.69. The van der Waals surface area contributed by atoms with Crippen molar-refractivity contribution in [3.05, 3.63) is 35.9 Å². The molecule has 22 heavy (non-hydrogen) atoms.